The van der Waals surface area contributed by atoms with Crippen molar-refractivity contribution in [3.05, 3.63) is 84.2 Å². The van der Waals surface area contributed by atoms with Gasteiger partial charge in [0.25, 0.3) is 0 Å². The summed E-state index contributed by atoms with van der Waals surface area (Å²) in [5, 5.41) is 0. The van der Waals surface area contributed by atoms with Crippen LogP contribution in [0.15, 0.2) is 72.8 Å². The number of nitrogens with zero attached hydrogens (tertiary/aromatic N) is 2. The molecule has 0 amide bonds. The fourth-order valence-electron chi connectivity index (χ4n) is 3.37. The molecule has 22 heavy (non-hydrogen) atoms. The molecule has 1 aromatic heterocycles. The van der Waals surface area contributed by atoms with Crippen LogP contribution in [-0.4, -0.2) is 9.55 Å². The first kappa shape index (κ1) is 11.8. The molecule has 0 saturated heterocycles. The number of fused-ring (bicyclic) bond motifs is 5. The maximum absolute atomic E-state index is 4.81. The van der Waals surface area contributed by atoms with Gasteiger partial charge in [-0.25, -0.2) is 4.98 Å². The number of hydrogen-bond donors (Lipinski definition) is 0. The minimum atomic E-state index is 0.922. The van der Waals surface area contributed by atoms with Crippen molar-refractivity contribution >= 4 is 11.0 Å². The molecule has 1 aliphatic rings. The lowest BCUT2D eigenvalue weighted by Gasteiger charge is -2.06. The number of imidazole rings is 1. The van der Waals surface area contributed by atoms with Crippen LogP contribution in [0.1, 0.15) is 11.4 Å². The van der Waals surface area contributed by atoms with Gasteiger partial charge in [0.2, 0.25) is 0 Å². The molecular weight excluding hydrogens is 268 g/mol. The second-order valence-electron chi connectivity index (χ2n) is 5.74. The Morgan fingerprint density at radius 1 is 0.773 bits per heavy atom. The first-order valence-electron chi connectivity index (χ1n) is 7.55. The van der Waals surface area contributed by atoms with Crippen molar-refractivity contribution in [3.63, 3.8) is 0 Å². The first-order valence-corrected chi connectivity index (χ1v) is 7.55. The normalized spacial score (nSPS) is 12.4. The second-order valence-corrected chi connectivity index (χ2v) is 5.74. The maximum atomic E-state index is 4.81. The van der Waals surface area contributed by atoms with Gasteiger partial charge in [-0.15, -0.1) is 0 Å². The summed E-state index contributed by atoms with van der Waals surface area (Å²) < 4.78 is 2.30. The quantitative estimate of drug-likeness (QED) is 0.439. The van der Waals surface area contributed by atoms with Gasteiger partial charge in [-0.1, -0.05) is 54.6 Å². The zero-order valence-corrected chi connectivity index (χ0v) is 12.0. The SMILES string of the molecule is c1ccc(-c2ccc3nc4n(c3c2)-c2ccccc2C4)cc1. The molecule has 0 saturated carbocycles. The van der Waals surface area contributed by atoms with Gasteiger partial charge in [0.1, 0.15) is 5.82 Å². The maximum Gasteiger partial charge on any atom is 0.118 e. The molecule has 104 valence electrons. The molecule has 0 radical (unpaired) electrons. The Morgan fingerprint density at radius 3 is 2.50 bits per heavy atom. The third kappa shape index (κ3) is 1.58. The summed E-state index contributed by atoms with van der Waals surface area (Å²) in [6, 6.07) is 25.6. The largest absolute Gasteiger partial charge is 0.296 e. The van der Waals surface area contributed by atoms with E-state index in [1.165, 1.54) is 27.9 Å². The smallest absolute Gasteiger partial charge is 0.118 e. The fraction of sp³-hybridized carbons (Fsp3) is 0.0500. The van der Waals surface area contributed by atoms with E-state index in [0.717, 1.165) is 17.8 Å². The summed E-state index contributed by atoms with van der Waals surface area (Å²) >= 11 is 0. The Kier molecular flexibility index (Phi) is 2.30. The first-order chi connectivity index (χ1) is 10.9. The van der Waals surface area contributed by atoms with Crippen molar-refractivity contribution in [2.75, 3.05) is 0 Å². The monoisotopic (exact) mass is 282 g/mol. The van der Waals surface area contributed by atoms with E-state index in [4.69, 9.17) is 4.98 Å². The molecule has 0 spiro atoms. The van der Waals surface area contributed by atoms with Gasteiger partial charge >= 0.3 is 0 Å². The predicted octanol–water partition coefficient (Wildman–Crippen LogP) is 4.60. The summed E-state index contributed by atoms with van der Waals surface area (Å²) in [6.45, 7) is 0. The van der Waals surface area contributed by atoms with Gasteiger partial charge < -0.3 is 0 Å². The lowest BCUT2D eigenvalue weighted by Crippen LogP contribution is -1.91. The Hall–Kier alpha value is -2.87. The third-order valence-corrected chi connectivity index (χ3v) is 4.41. The van der Waals surface area contributed by atoms with Crippen LogP contribution in [0.25, 0.3) is 27.8 Å². The molecule has 1 aliphatic heterocycles. The summed E-state index contributed by atoms with van der Waals surface area (Å²) in [5.41, 5.74) is 7.37. The fourth-order valence-corrected chi connectivity index (χ4v) is 3.37. The Labute approximate surface area is 128 Å². The molecule has 0 atom stereocenters. The lowest BCUT2D eigenvalue weighted by molar-refractivity contribution is 1.02. The molecule has 2 heterocycles. The predicted molar refractivity (Wildman–Crippen MR) is 89.3 cm³/mol. The molecule has 4 aromatic rings. The minimum Gasteiger partial charge on any atom is -0.296 e. The molecule has 0 N–H and O–H groups in total. The average molecular weight is 282 g/mol. The molecular formula is C20H14N2. The molecule has 2 nitrogen and oxygen atoms in total. The number of aromatic nitrogens is 2. The van der Waals surface area contributed by atoms with Crippen LogP contribution in [0.2, 0.25) is 0 Å². The van der Waals surface area contributed by atoms with Gasteiger partial charge in [0, 0.05) is 6.42 Å². The number of para-hydroxylation sites is 1. The molecule has 0 unspecified atom stereocenters. The standard InChI is InChI=1S/C20H14N2/c1-2-6-14(7-3-1)15-10-11-17-19(12-15)22-18-9-5-4-8-16(18)13-20(22)21-17/h1-12H,13H2. The molecule has 0 bridgehead atoms. The highest BCUT2D eigenvalue weighted by molar-refractivity contribution is 5.85. The van der Waals surface area contributed by atoms with E-state index in [2.05, 4.69) is 77.4 Å². The highest BCUT2D eigenvalue weighted by Gasteiger charge is 2.21. The van der Waals surface area contributed by atoms with Gasteiger partial charge in [-0.3, -0.25) is 4.57 Å². The van der Waals surface area contributed by atoms with Crippen LogP contribution < -0.4 is 0 Å². The van der Waals surface area contributed by atoms with Crippen molar-refractivity contribution in [1.29, 1.82) is 0 Å². The minimum absolute atomic E-state index is 0.922. The second kappa shape index (κ2) is 4.31. The van der Waals surface area contributed by atoms with Gasteiger partial charge in [0.15, 0.2) is 0 Å². The number of rotatable bonds is 1. The lowest BCUT2D eigenvalue weighted by atomic mass is 10.1. The van der Waals surface area contributed by atoms with Crippen LogP contribution in [0, 0.1) is 0 Å². The van der Waals surface area contributed by atoms with Crippen LogP contribution in [-0.2, 0) is 6.42 Å². The average Bonchev–Trinajstić information content (AvgIpc) is 3.10. The summed E-state index contributed by atoms with van der Waals surface area (Å²) in [5.74, 6) is 1.14. The third-order valence-electron chi connectivity index (χ3n) is 4.41. The van der Waals surface area contributed by atoms with Gasteiger partial charge in [-0.05, 0) is 34.9 Å². The molecule has 0 aliphatic carbocycles. The number of hydrogen-bond acceptors (Lipinski definition) is 1. The van der Waals surface area contributed by atoms with Crippen molar-refractivity contribution in [2.24, 2.45) is 0 Å². The van der Waals surface area contributed by atoms with E-state index in [0.29, 0.717) is 0 Å². The Morgan fingerprint density at radius 2 is 1.59 bits per heavy atom. The van der Waals surface area contributed by atoms with E-state index < -0.39 is 0 Å². The van der Waals surface area contributed by atoms with Crippen LogP contribution in [0.5, 0.6) is 0 Å². The highest BCUT2D eigenvalue weighted by Crippen LogP contribution is 2.33. The summed E-state index contributed by atoms with van der Waals surface area (Å²) in [7, 11) is 0. The number of benzene rings is 3. The van der Waals surface area contributed by atoms with Crippen LogP contribution >= 0.6 is 0 Å². The highest BCUT2D eigenvalue weighted by atomic mass is 15.1. The van der Waals surface area contributed by atoms with E-state index in [1.54, 1.807) is 0 Å². The topological polar surface area (TPSA) is 17.8 Å². The van der Waals surface area contributed by atoms with E-state index in [9.17, 15) is 0 Å². The summed E-state index contributed by atoms with van der Waals surface area (Å²) in [6.07, 6.45) is 0.922. The molecule has 3 aromatic carbocycles. The Balaban J connectivity index is 1.78. The van der Waals surface area contributed by atoms with Gasteiger partial charge in [0.05, 0.1) is 16.7 Å². The van der Waals surface area contributed by atoms with Crippen molar-refractivity contribution in [1.82, 2.24) is 9.55 Å². The van der Waals surface area contributed by atoms with E-state index in [1.807, 2.05) is 0 Å². The molecule has 0 fully saturated rings. The van der Waals surface area contributed by atoms with Gasteiger partial charge in [-0.2, -0.15) is 0 Å². The molecule has 2 heteroatoms. The zero-order valence-electron chi connectivity index (χ0n) is 12.0. The van der Waals surface area contributed by atoms with Crippen LogP contribution in [0.3, 0.4) is 0 Å². The van der Waals surface area contributed by atoms with E-state index >= 15 is 0 Å². The Bertz CT molecular complexity index is 997. The zero-order chi connectivity index (χ0) is 14.5. The van der Waals surface area contributed by atoms with Crippen molar-refractivity contribution in [3.8, 4) is 16.8 Å². The molecule has 5 rings (SSSR count). The van der Waals surface area contributed by atoms with Crippen molar-refractivity contribution in [2.45, 2.75) is 6.42 Å². The van der Waals surface area contributed by atoms with Crippen LogP contribution in [0.4, 0.5) is 0 Å². The summed E-state index contributed by atoms with van der Waals surface area (Å²) in [4.78, 5) is 4.81. The van der Waals surface area contributed by atoms with E-state index in [-0.39, 0.29) is 0 Å². The van der Waals surface area contributed by atoms with Crippen molar-refractivity contribution < 1.29 is 0 Å².